The van der Waals surface area contributed by atoms with Crippen molar-refractivity contribution in [3.63, 3.8) is 0 Å². The number of aromatic nitrogens is 1. The molecule has 0 spiro atoms. The standard InChI is InChI=1S/C22H25N5/c1-23-22(25-15-18-8-5-7-17-9-6-13-24-21(17)18)26-19-12-14-27(16-19)20-10-3-2-4-11-20/h2-11,13,19H,12,14-16H2,1H3,(H2,23,25,26). The van der Waals surface area contributed by atoms with Gasteiger partial charge in [-0.1, -0.05) is 42.5 Å². The van der Waals surface area contributed by atoms with E-state index >= 15 is 0 Å². The Kier molecular flexibility index (Phi) is 5.19. The molecule has 27 heavy (non-hydrogen) atoms. The Morgan fingerprint density at radius 1 is 1.11 bits per heavy atom. The number of pyridine rings is 1. The predicted octanol–water partition coefficient (Wildman–Crippen LogP) is 3.18. The van der Waals surface area contributed by atoms with Gasteiger partial charge in [0.25, 0.3) is 0 Å². The Hall–Kier alpha value is -3.08. The minimum Gasteiger partial charge on any atom is -0.369 e. The lowest BCUT2D eigenvalue weighted by molar-refractivity contribution is 0.649. The molecular formula is C22H25N5. The van der Waals surface area contributed by atoms with Gasteiger partial charge < -0.3 is 15.5 Å². The van der Waals surface area contributed by atoms with E-state index < -0.39 is 0 Å². The number of anilines is 1. The molecule has 0 radical (unpaired) electrons. The monoisotopic (exact) mass is 359 g/mol. The highest BCUT2D eigenvalue weighted by Gasteiger charge is 2.23. The highest BCUT2D eigenvalue weighted by Crippen LogP contribution is 2.20. The molecule has 0 saturated carbocycles. The first-order valence-electron chi connectivity index (χ1n) is 9.43. The fraction of sp³-hybridized carbons (Fsp3) is 0.273. The van der Waals surface area contributed by atoms with Crippen molar-refractivity contribution in [1.82, 2.24) is 15.6 Å². The van der Waals surface area contributed by atoms with Crippen LogP contribution in [-0.4, -0.2) is 37.1 Å². The van der Waals surface area contributed by atoms with E-state index in [4.69, 9.17) is 0 Å². The van der Waals surface area contributed by atoms with Gasteiger partial charge in [-0.15, -0.1) is 0 Å². The van der Waals surface area contributed by atoms with Gasteiger partial charge in [0.2, 0.25) is 0 Å². The van der Waals surface area contributed by atoms with Crippen LogP contribution in [0.3, 0.4) is 0 Å². The van der Waals surface area contributed by atoms with Crippen LogP contribution in [-0.2, 0) is 6.54 Å². The quantitative estimate of drug-likeness (QED) is 0.555. The van der Waals surface area contributed by atoms with Crippen LogP contribution in [0.5, 0.6) is 0 Å². The Morgan fingerprint density at radius 2 is 1.96 bits per heavy atom. The van der Waals surface area contributed by atoms with Crippen LogP contribution < -0.4 is 15.5 Å². The summed E-state index contributed by atoms with van der Waals surface area (Å²) in [7, 11) is 1.82. The molecule has 1 saturated heterocycles. The van der Waals surface area contributed by atoms with Crippen molar-refractivity contribution in [2.24, 2.45) is 4.99 Å². The number of nitrogens with one attached hydrogen (secondary N) is 2. The van der Waals surface area contributed by atoms with Crippen molar-refractivity contribution < 1.29 is 0 Å². The first-order chi connectivity index (χ1) is 13.3. The molecule has 1 atom stereocenters. The van der Waals surface area contributed by atoms with Crippen LogP contribution >= 0.6 is 0 Å². The molecule has 5 heteroatoms. The molecule has 138 valence electrons. The minimum absolute atomic E-state index is 0.391. The van der Waals surface area contributed by atoms with Gasteiger partial charge >= 0.3 is 0 Å². The zero-order chi connectivity index (χ0) is 18.5. The summed E-state index contributed by atoms with van der Waals surface area (Å²) < 4.78 is 0. The normalized spacial score (nSPS) is 17.3. The third-order valence-corrected chi connectivity index (χ3v) is 5.04. The predicted molar refractivity (Wildman–Crippen MR) is 112 cm³/mol. The maximum atomic E-state index is 4.52. The van der Waals surface area contributed by atoms with Crippen LogP contribution in [0, 0.1) is 0 Å². The Morgan fingerprint density at radius 3 is 2.81 bits per heavy atom. The number of fused-ring (bicyclic) bond motifs is 1. The van der Waals surface area contributed by atoms with Gasteiger partial charge in [-0.25, -0.2) is 0 Å². The van der Waals surface area contributed by atoms with E-state index in [0.717, 1.165) is 36.4 Å². The van der Waals surface area contributed by atoms with Crippen molar-refractivity contribution in [2.75, 3.05) is 25.0 Å². The molecule has 2 aromatic carbocycles. The second kappa shape index (κ2) is 8.08. The van der Waals surface area contributed by atoms with Gasteiger partial charge in [-0.05, 0) is 30.2 Å². The lowest BCUT2D eigenvalue weighted by Crippen LogP contribution is -2.44. The van der Waals surface area contributed by atoms with E-state index in [-0.39, 0.29) is 0 Å². The number of guanidine groups is 1. The van der Waals surface area contributed by atoms with Gasteiger partial charge in [0.1, 0.15) is 0 Å². The zero-order valence-electron chi connectivity index (χ0n) is 15.6. The lowest BCUT2D eigenvalue weighted by Gasteiger charge is -2.20. The first kappa shape index (κ1) is 17.3. The highest BCUT2D eigenvalue weighted by molar-refractivity contribution is 5.83. The summed E-state index contributed by atoms with van der Waals surface area (Å²) in [4.78, 5) is 11.3. The summed E-state index contributed by atoms with van der Waals surface area (Å²) >= 11 is 0. The van der Waals surface area contributed by atoms with Crippen LogP contribution in [0.25, 0.3) is 10.9 Å². The van der Waals surface area contributed by atoms with Crippen molar-refractivity contribution in [1.29, 1.82) is 0 Å². The lowest BCUT2D eigenvalue weighted by atomic mass is 10.1. The minimum atomic E-state index is 0.391. The van der Waals surface area contributed by atoms with Gasteiger partial charge in [0.15, 0.2) is 5.96 Å². The molecule has 2 heterocycles. The summed E-state index contributed by atoms with van der Waals surface area (Å²) in [5, 5.41) is 8.16. The largest absolute Gasteiger partial charge is 0.369 e. The molecule has 0 bridgehead atoms. The summed E-state index contributed by atoms with van der Waals surface area (Å²) in [6, 6.07) is 21.3. The molecule has 0 amide bonds. The van der Waals surface area contributed by atoms with Gasteiger partial charge in [-0.2, -0.15) is 0 Å². The number of hydrogen-bond acceptors (Lipinski definition) is 3. The third-order valence-electron chi connectivity index (χ3n) is 5.04. The third kappa shape index (κ3) is 4.03. The molecule has 2 N–H and O–H groups in total. The van der Waals surface area contributed by atoms with Crippen molar-refractivity contribution >= 4 is 22.5 Å². The maximum absolute atomic E-state index is 4.52. The van der Waals surface area contributed by atoms with Crippen molar-refractivity contribution in [3.05, 3.63) is 72.4 Å². The topological polar surface area (TPSA) is 52.6 Å². The highest BCUT2D eigenvalue weighted by atomic mass is 15.2. The van der Waals surface area contributed by atoms with Gasteiger partial charge in [-0.3, -0.25) is 9.98 Å². The molecule has 1 fully saturated rings. The Labute approximate surface area is 160 Å². The maximum Gasteiger partial charge on any atom is 0.191 e. The Bertz CT molecular complexity index is 917. The van der Waals surface area contributed by atoms with Crippen LogP contribution in [0.1, 0.15) is 12.0 Å². The average molecular weight is 359 g/mol. The molecule has 1 aliphatic heterocycles. The van der Waals surface area contributed by atoms with E-state index in [1.165, 1.54) is 11.3 Å². The van der Waals surface area contributed by atoms with Crippen LogP contribution in [0.15, 0.2) is 71.9 Å². The van der Waals surface area contributed by atoms with E-state index in [0.29, 0.717) is 12.6 Å². The zero-order valence-corrected chi connectivity index (χ0v) is 15.6. The summed E-state index contributed by atoms with van der Waals surface area (Å²) in [6.45, 7) is 2.75. The molecule has 4 rings (SSSR count). The average Bonchev–Trinajstić information content (AvgIpc) is 3.20. The molecule has 1 aromatic heterocycles. The summed E-state index contributed by atoms with van der Waals surface area (Å²) in [5.74, 6) is 0.836. The first-order valence-corrected chi connectivity index (χ1v) is 9.43. The second-order valence-electron chi connectivity index (χ2n) is 6.83. The SMILES string of the molecule is CN=C(NCc1cccc2cccnc12)NC1CCN(c2ccccc2)C1. The van der Waals surface area contributed by atoms with Gasteiger partial charge in [0.05, 0.1) is 5.52 Å². The van der Waals surface area contributed by atoms with Crippen molar-refractivity contribution in [2.45, 2.75) is 19.0 Å². The van der Waals surface area contributed by atoms with E-state index in [9.17, 15) is 0 Å². The molecule has 0 aliphatic carbocycles. The van der Waals surface area contributed by atoms with Crippen LogP contribution in [0.2, 0.25) is 0 Å². The summed E-state index contributed by atoms with van der Waals surface area (Å²) in [5.41, 5.74) is 3.50. The van der Waals surface area contributed by atoms with E-state index in [1.807, 2.05) is 19.3 Å². The fourth-order valence-electron chi connectivity index (χ4n) is 3.63. The fourth-order valence-corrected chi connectivity index (χ4v) is 3.63. The van der Waals surface area contributed by atoms with Gasteiger partial charge in [0, 0.05) is 50.0 Å². The number of para-hydroxylation sites is 2. The second-order valence-corrected chi connectivity index (χ2v) is 6.83. The molecule has 1 unspecified atom stereocenters. The Balaban J connectivity index is 1.36. The molecule has 3 aromatic rings. The van der Waals surface area contributed by atoms with E-state index in [1.54, 1.807) is 0 Å². The number of rotatable bonds is 4. The molecule has 5 nitrogen and oxygen atoms in total. The van der Waals surface area contributed by atoms with E-state index in [2.05, 4.69) is 80.1 Å². The number of nitrogens with zero attached hydrogens (tertiary/aromatic N) is 3. The number of benzene rings is 2. The number of aliphatic imine (C=N–C) groups is 1. The summed E-state index contributed by atoms with van der Waals surface area (Å²) in [6.07, 6.45) is 2.95. The van der Waals surface area contributed by atoms with Crippen LogP contribution in [0.4, 0.5) is 5.69 Å². The molecule has 1 aliphatic rings. The van der Waals surface area contributed by atoms with Crippen molar-refractivity contribution in [3.8, 4) is 0 Å². The number of hydrogen-bond donors (Lipinski definition) is 2. The smallest absolute Gasteiger partial charge is 0.191 e. The molecular weight excluding hydrogens is 334 g/mol.